The van der Waals surface area contributed by atoms with Crippen molar-refractivity contribution >= 4 is 23.4 Å². The van der Waals surface area contributed by atoms with E-state index in [2.05, 4.69) is 5.32 Å². The molecular formula is C23H29ClN2O3. The van der Waals surface area contributed by atoms with Crippen LogP contribution in [0.2, 0.25) is 5.02 Å². The maximum Gasteiger partial charge on any atom is 0.261 e. The second-order valence-electron chi connectivity index (χ2n) is 7.36. The van der Waals surface area contributed by atoms with E-state index >= 15 is 0 Å². The summed E-state index contributed by atoms with van der Waals surface area (Å²) in [5.74, 6) is 0.159. The van der Waals surface area contributed by atoms with Crippen LogP contribution in [0.4, 0.5) is 0 Å². The molecule has 5 nitrogen and oxygen atoms in total. The van der Waals surface area contributed by atoms with Crippen molar-refractivity contribution in [2.24, 2.45) is 0 Å². The van der Waals surface area contributed by atoms with Crippen LogP contribution >= 0.6 is 11.6 Å². The van der Waals surface area contributed by atoms with Gasteiger partial charge in [-0.05, 0) is 63.4 Å². The zero-order valence-electron chi connectivity index (χ0n) is 17.4. The number of rotatable bonds is 9. The molecule has 2 aromatic rings. The molecule has 0 aliphatic heterocycles. The summed E-state index contributed by atoms with van der Waals surface area (Å²) in [6.45, 7) is 7.70. The molecule has 6 heteroatoms. The average Bonchev–Trinajstić information content (AvgIpc) is 2.69. The van der Waals surface area contributed by atoms with E-state index in [0.717, 1.165) is 11.1 Å². The topological polar surface area (TPSA) is 58.6 Å². The van der Waals surface area contributed by atoms with Crippen LogP contribution in [0.5, 0.6) is 5.75 Å². The van der Waals surface area contributed by atoms with E-state index in [1.165, 1.54) is 0 Å². The normalized spacial score (nSPS) is 11.8. The van der Waals surface area contributed by atoms with Crippen LogP contribution in [-0.4, -0.2) is 41.9 Å². The summed E-state index contributed by atoms with van der Waals surface area (Å²) in [6.07, 6.45) is 0.659. The second kappa shape index (κ2) is 10.9. The zero-order chi connectivity index (χ0) is 21.4. The van der Waals surface area contributed by atoms with Gasteiger partial charge in [0.05, 0.1) is 0 Å². The first-order chi connectivity index (χ1) is 13.8. The molecule has 0 aromatic heterocycles. The van der Waals surface area contributed by atoms with Crippen molar-refractivity contribution in [1.82, 2.24) is 10.2 Å². The molecule has 0 saturated heterocycles. The molecule has 2 aromatic carbocycles. The highest BCUT2D eigenvalue weighted by Crippen LogP contribution is 2.21. The largest absolute Gasteiger partial charge is 0.484 e. The van der Waals surface area contributed by atoms with E-state index in [4.69, 9.17) is 16.3 Å². The summed E-state index contributed by atoms with van der Waals surface area (Å²) in [5.41, 5.74) is 1.98. The van der Waals surface area contributed by atoms with E-state index in [9.17, 15) is 9.59 Å². The Kier molecular flexibility index (Phi) is 8.52. The molecule has 0 spiro atoms. The van der Waals surface area contributed by atoms with Crippen molar-refractivity contribution in [2.45, 2.75) is 46.2 Å². The van der Waals surface area contributed by atoms with Gasteiger partial charge < -0.3 is 15.0 Å². The molecule has 0 aliphatic carbocycles. The molecule has 156 valence electrons. The molecule has 0 radical (unpaired) electrons. The fraction of sp³-hybridized carbons (Fsp3) is 0.391. The fourth-order valence-electron chi connectivity index (χ4n) is 2.91. The number of halogens is 1. The number of nitrogens with one attached hydrogen (secondary N) is 1. The first-order valence-corrected chi connectivity index (χ1v) is 10.2. The van der Waals surface area contributed by atoms with Crippen LogP contribution < -0.4 is 10.1 Å². The summed E-state index contributed by atoms with van der Waals surface area (Å²) in [5, 5.41) is 3.52. The molecule has 0 bridgehead atoms. The number of hydrogen-bond acceptors (Lipinski definition) is 3. The number of hydrogen-bond donors (Lipinski definition) is 1. The Morgan fingerprint density at radius 2 is 1.79 bits per heavy atom. The van der Waals surface area contributed by atoms with Crippen molar-refractivity contribution in [2.75, 3.05) is 13.2 Å². The predicted molar refractivity (Wildman–Crippen MR) is 116 cm³/mol. The highest BCUT2D eigenvalue weighted by Gasteiger charge is 2.26. The molecular weight excluding hydrogens is 388 g/mol. The van der Waals surface area contributed by atoms with Gasteiger partial charge in [0, 0.05) is 17.6 Å². The van der Waals surface area contributed by atoms with Crippen molar-refractivity contribution < 1.29 is 14.3 Å². The summed E-state index contributed by atoms with van der Waals surface area (Å²) < 4.78 is 5.67. The number of carbonyl (C=O) groups excluding carboxylic acids is 2. The summed E-state index contributed by atoms with van der Waals surface area (Å²) in [4.78, 5) is 27.0. The van der Waals surface area contributed by atoms with E-state index in [1.807, 2.05) is 51.1 Å². The van der Waals surface area contributed by atoms with Crippen molar-refractivity contribution in [3.63, 3.8) is 0 Å². The van der Waals surface area contributed by atoms with Crippen LogP contribution in [0, 0.1) is 6.92 Å². The smallest absolute Gasteiger partial charge is 0.261 e. The first-order valence-electron chi connectivity index (χ1n) is 9.80. The van der Waals surface area contributed by atoms with Gasteiger partial charge in [0.25, 0.3) is 5.91 Å². The number of carbonyl (C=O) groups is 2. The average molecular weight is 417 g/mol. The third-order valence-corrected chi connectivity index (χ3v) is 5.00. The Labute approximate surface area is 178 Å². The predicted octanol–water partition coefficient (Wildman–Crippen LogP) is 4.01. The van der Waals surface area contributed by atoms with Crippen molar-refractivity contribution in [1.29, 1.82) is 0 Å². The van der Waals surface area contributed by atoms with Crippen LogP contribution in [0.3, 0.4) is 0 Å². The van der Waals surface area contributed by atoms with Gasteiger partial charge in [-0.15, -0.1) is 0 Å². The van der Waals surface area contributed by atoms with Gasteiger partial charge in [-0.1, -0.05) is 41.9 Å². The first kappa shape index (κ1) is 22.8. The van der Waals surface area contributed by atoms with E-state index in [0.29, 0.717) is 23.7 Å². The molecule has 1 atom stereocenters. The summed E-state index contributed by atoms with van der Waals surface area (Å²) >= 11 is 6.04. The fourth-order valence-corrected chi connectivity index (χ4v) is 3.03. The quantitative estimate of drug-likeness (QED) is 0.671. The molecule has 0 saturated carbocycles. The summed E-state index contributed by atoms with van der Waals surface area (Å²) in [7, 11) is 0. The van der Waals surface area contributed by atoms with Gasteiger partial charge >= 0.3 is 0 Å². The molecule has 0 aliphatic rings. The monoisotopic (exact) mass is 416 g/mol. The van der Waals surface area contributed by atoms with Crippen LogP contribution in [-0.2, 0) is 16.0 Å². The van der Waals surface area contributed by atoms with Crippen LogP contribution in [0.15, 0.2) is 48.5 Å². The maximum absolute atomic E-state index is 12.9. The lowest BCUT2D eigenvalue weighted by Crippen LogP contribution is -2.51. The van der Waals surface area contributed by atoms with Gasteiger partial charge in [-0.3, -0.25) is 9.59 Å². The summed E-state index contributed by atoms with van der Waals surface area (Å²) in [6, 6.07) is 14.6. The van der Waals surface area contributed by atoms with Gasteiger partial charge in [0.1, 0.15) is 11.8 Å². The Hall–Kier alpha value is -2.53. The lowest BCUT2D eigenvalue weighted by Gasteiger charge is -2.29. The molecule has 1 N–H and O–H groups in total. The van der Waals surface area contributed by atoms with Gasteiger partial charge in [-0.2, -0.15) is 0 Å². The number of ether oxygens (including phenoxy) is 1. The third-order valence-electron chi connectivity index (χ3n) is 4.57. The van der Waals surface area contributed by atoms with Gasteiger partial charge in [0.15, 0.2) is 6.61 Å². The lowest BCUT2D eigenvalue weighted by atomic mass is 10.1. The Morgan fingerprint density at radius 1 is 1.10 bits per heavy atom. The Balaban J connectivity index is 2.07. The van der Waals surface area contributed by atoms with Crippen molar-refractivity contribution in [3.05, 3.63) is 64.7 Å². The standard InChI is InChI=1S/C23H29ClN2O3/c1-16(2)25-23(28)18(4)26(13-12-19-8-6-5-7-9-19)22(27)15-29-20-10-11-21(24)17(3)14-20/h5-11,14,16,18H,12-13,15H2,1-4H3,(H,25,28)/t18-/m0/s1. The molecule has 2 amide bonds. The van der Waals surface area contributed by atoms with Crippen molar-refractivity contribution in [3.8, 4) is 5.75 Å². The van der Waals surface area contributed by atoms with E-state index < -0.39 is 6.04 Å². The van der Waals surface area contributed by atoms with Crippen LogP contribution in [0.1, 0.15) is 31.9 Å². The lowest BCUT2D eigenvalue weighted by molar-refractivity contribution is -0.141. The van der Waals surface area contributed by atoms with Crippen LogP contribution in [0.25, 0.3) is 0 Å². The Morgan fingerprint density at radius 3 is 2.41 bits per heavy atom. The minimum atomic E-state index is -0.593. The SMILES string of the molecule is Cc1cc(OCC(=O)N(CCc2ccccc2)[C@@H](C)C(=O)NC(C)C)ccc1Cl. The third kappa shape index (κ3) is 7.09. The highest BCUT2D eigenvalue weighted by atomic mass is 35.5. The van der Waals surface area contributed by atoms with E-state index in [1.54, 1.807) is 30.0 Å². The van der Waals surface area contributed by atoms with E-state index in [-0.39, 0.29) is 24.5 Å². The van der Waals surface area contributed by atoms with Gasteiger partial charge in [0.2, 0.25) is 5.91 Å². The molecule has 29 heavy (non-hydrogen) atoms. The maximum atomic E-state index is 12.9. The molecule has 2 rings (SSSR count). The Bertz CT molecular complexity index is 824. The molecule has 0 heterocycles. The minimum absolute atomic E-state index is 0.00400. The number of amides is 2. The second-order valence-corrected chi connectivity index (χ2v) is 7.77. The zero-order valence-corrected chi connectivity index (χ0v) is 18.2. The molecule has 0 unspecified atom stereocenters. The number of aryl methyl sites for hydroxylation is 1. The number of nitrogens with zero attached hydrogens (tertiary/aromatic N) is 1. The van der Waals surface area contributed by atoms with Gasteiger partial charge in [-0.25, -0.2) is 0 Å². The minimum Gasteiger partial charge on any atom is -0.484 e. The highest BCUT2D eigenvalue weighted by molar-refractivity contribution is 6.31. The number of benzene rings is 2. The molecule has 0 fully saturated rings.